The van der Waals surface area contributed by atoms with E-state index in [1.165, 1.54) is 0 Å². The minimum absolute atomic E-state index is 0.0561. The van der Waals surface area contributed by atoms with Crippen molar-refractivity contribution in [2.45, 2.75) is 25.1 Å². The highest BCUT2D eigenvalue weighted by molar-refractivity contribution is 5.75. The monoisotopic (exact) mass is 351 g/mol. The molecule has 0 aliphatic carbocycles. The zero-order valence-corrected chi connectivity index (χ0v) is 14.4. The molecule has 1 fully saturated rings. The number of hydrogen-bond donors (Lipinski definition) is 1. The fourth-order valence-corrected chi connectivity index (χ4v) is 3.59. The molecular weight excluding hydrogens is 330 g/mol. The Kier molecular flexibility index (Phi) is 4.63. The third-order valence-corrected chi connectivity index (χ3v) is 4.83. The average Bonchev–Trinajstić information content (AvgIpc) is 2.66. The first-order chi connectivity index (χ1) is 12.7. The van der Waals surface area contributed by atoms with Crippen molar-refractivity contribution in [2.24, 2.45) is 0 Å². The van der Waals surface area contributed by atoms with Crippen LogP contribution in [0.5, 0.6) is 5.75 Å². The summed E-state index contributed by atoms with van der Waals surface area (Å²) in [5.41, 5.74) is 3.08. The summed E-state index contributed by atoms with van der Waals surface area (Å²) in [5, 5.41) is 9.73. The van der Waals surface area contributed by atoms with Crippen LogP contribution in [0.4, 0.5) is 4.79 Å². The molecule has 2 unspecified atom stereocenters. The van der Waals surface area contributed by atoms with E-state index in [1.54, 1.807) is 17.0 Å². The molecule has 2 aliphatic heterocycles. The molecule has 2 atom stereocenters. The second-order valence-corrected chi connectivity index (χ2v) is 6.65. The van der Waals surface area contributed by atoms with Crippen molar-refractivity contribution in [2.75, 3.05) is 13.2 Å². The van der Waals surface area contributed by atoms with E-state index in [2.05, 4.69) is 0 Å². The maximum atomic E-state index is 12.7. The topological polar surface area (TPSA) is 59.0 Å². The Hall–Kier alpha value is -2.79. The van der Waals surface area contributed by atoms with Crippen molar-refractivity contribution < 1.29 is 19.4 Å². The number of carbonyl (C=O) groups is 1. The van der Waals surface area contributed by atoms with Gasteiger partial charge in [0.15, 0.2) is 0 Å². The standard InChI is InChI=1S/C21H21NO4/c23-20-8-4-7-16(11-20)17-9-18-13-25-14-19(10-17)22(18)21(24)26-12-15-5-2-1-3-6-15/h1-9,11,18-19,23H,10,12-14H2. The van der Waals surface area contributed by atoms with Gasteiger partial charge in [-0.25, -0.2) is 4.79 Å². The van der Waals surface area contributed by atoms with Crippen LogP contribution >= 0.6 is 0 Å². The summed E-state index contributed by atoms with van der Waals surface area (Å²) in [6.07, 6.45) is 2.42. The van der Waals surface area contributed by atoms with E-state index < -0.39 is 0 Å². The number of amides is 1. The van der Waals surface area contributed by atoms with Crippen LogP contribution in [0.1, 0.15) is 17.5 Å². The molecule has 1 saturated heterocycles. The van der Waals surface area contributed by atoms with Crippen LogP contribution < -0.4 is 0 Å². The number of morpholine rings is 1. The summed E-state index contributed by atoms with van der Waals surface area (Å²) in [6.45, 7) is 1.21. The summed E-state index contributed by atoms with van der Waals surface area (Å²) in [5.74, 6) is 0.245. The first-order valence-electron chi connectivity index (χ1n) is 8.77. The molecule has 26 heavy (non-hydrogen) atoms. The lowest BCUT2D eigenvalue weighted by Gasteiger charge is -2.43. The van der Waals surface area contributed by atoms with Gasteiger partial charge in [-0.1, -0.05) is 48.5 Å². The van der Waals surface area contributed by atoms with Crippen molar-refractivity contribution in [1.29, 1.82) is 0 Å². The van der Waals surface area contributed by atoms with Gasteiger partial charge in [0.25, 0.3) is 0 Å². The first kappa shape index (κ1) is 16.7. The van der Waals surface area contributed by atoms with Crippen molar-refractivity contribution >= 4 is 11.7 Å². The number of carbonyl (C=O) groups excluding carboxylic acids is 1. The van der Waals surface area contributed by atoms with Gasteiger partial charge < -0.3 is 14.6 Å². The van der Waals surface area contributed by atoms with Gasteiger partial charge >= 0.3 is 6.09 Å². The number of rotatable bonds is 3. The predicted octanol–water partition coefficient (Wildman–Crippen LogP) is 3.59. The van der Waals surface area contributed by atoms with Crippen molar-refractivity contribution in [3.63, 3.8) is 0 Å². The van der Waals surface area contributed by atoms with Gasteiger partial charge in [0, 0.05) is 0 Å². The lowest BCUT2D eigenvalue weighted by Crippen LogP contribution is -2.56. The number of phenols is 1. The third-order valence-electron chi connectivity index (χ3n) is 4.83. The summed E-state index contributed by atoms with van der Waals surface area (Å²) in [6, 6.07) is 16.7. The van der Waals surface area contributed by atoms with Gasteiger partial charge in [-0.05, 0) is 35.3 Å². The summed E-state index contributed by atoms with van der Waals surface area (Å²) in [7, 11) is 0. The van der Waals surface area contributed by atoms with Gasteiger partial charge in [0.1, 0.15) is 12.4 Å². The number of nitrogens with zero attached hydrogens (tertiary/aromatic N) is 1. The molecule has 1 amide bonds. The van der Waals surface area contributed by atoms with Crippen LogP contribution in [-0.4, -0.2) is 41.4 Å². The molecule has 5 nitrogen and oxygen atoms in total. The fraction of sp³-hybridized carbons (Fsp3) is 0.286. The zero-order chi connectivity index (χ0) is 17.9. The maximum absolute atomic E-state index is 12.7. The summed E-state index contributed by atoms with van der Waals surface area (Å²) < 4.78 is 11.2. The number of benzene rings is 2. The Bertz CT molecular complexity index is 818. The first-order valence-corrected chi connectivity index (χ1v) is 8.77. The lowest BCUT2D eigenvalue weighted by atomic mass is 9.90. The number of ether oxygens (including phenoxy) is 2. The van der Waals surface area contributed by atoms with Crippen LogP contribution in [0.25, 0.3) is 5.57 Å². The second kappa shape index (κ2) is 7.22. The van der Waals surface area contributed by atoms with Crippen molar-refractivity contribution in [3.8, 4) is 5.75 Å². The molecule has 2 aliphatic rings. The zero-order valence-electron chi connectivity index (χ0n) is 14.4. The van der Waals surface area contributed by atoms with Crippen molar-refractivity contribution in [3.05, 3.63) is 71.8 Å². The molecule has 0 saturated carbocycles. The van der Waals surface area contributed by atoms with Crippen LogP contribution in [0.2, 0.25) is 0 Å². The number of hydrogen-bond acceptors (Lipinski definition) is 4. The highest BCUT2D eigenvalue weighted by atomic mass is 16.6. The lowest BCUT2D eigenvalue weighted by molar-refractivity contribution is -0.0342. The molecule has 0 spiro atoms. The largest absolute Gasteiger partial charge is 0.508 e. The predicted molar refractivity (Wildman–Crippen MR) is 97.6 cm³/mol. The number of phenolic OH excluding ortho intramolecular Hbond substituents is 1. The van der Waals surface area contributed by atoms with Crippen LogP contribution in [0, 0.1) is 0 Å². The second-order valence-electron chi connectivity index (χ2n) is 6.65. The van der Waals surface area contributed by atoms with Gasteiger partial charge in [-0.15, -0.1) is 0 Å². The fourth-order valence-electron chi connectivity index (χ4n) is 3.59. The number of aromatic hydroxyl groups is 1. The molecule has 134 valence electrons. The Morgan fingerprint density at radius 2 is 2.00 bits per heavy atom. The maximum Gasteiger partial charge on any atom is 0.411 e. The van der Waals surface area contributed by atoms with E-state index in [0.29, 0.717) is 19.6 Å². The molecule has 0 aromatic heterocycles. The molecule has 2 bridgehead atoms. The Labute approximate surface area is 152 Å². The van der Waals surface area contributed by atoms with Crippen LogP contribution in [0.3, 0.4) is 0 Å². The SMILES string of the molecule is O=C(OCc1ccccc1)N1C2C=C(c3cccc(O)c3)CC1COC2. The number of fused-ring (bicyclic) bond motifs is 2. The van der Waals surface area contributed by atoms with Gasteiger partial charge in [0.2, 0.25) is 0 Å². The molecule has 2 heterocycles. The van der Waals surface area contributed by atoms with E-state index in [0.717, 1.165) is 16.7 Å². The highest BCUT2D eigenvalue weighted by Crippen LogP contribution is 2.34. The quantitative estimate of drug-likeness (QED) is 0.918. The molecule has 5 heteroatoms. The third kappa shape index (κ3) is 3.44. The summed E-state index contributed by atoms with van der Waals surface area (Å²) >= 11 is 0. The van der Waals surface area contributed by atoms with E-state index in [9.17, 15) is 9.90 Å². The molecule has 4 rings (SSSR count). The molecule has 1 N–H and O–H groups in total. The Morgan fingerprint density at radius 1 is 1.15 bits per heavy atom. The smallest absolute Gasteiger partial charge is 0.411 e. The molecule has 2 aromatic carbocycles. The Morgan fingerprint density at radius 3 is 2.77 bits per heavy atom. The summed E-state index contributed by atoms with van der Waals surface area (Å²) in [4.78, 5) is 14.5. The Balaban J connectivity index is 1.50. The average molecular weight is 351 g/mol. The molecular formula is C21H21NO4. The molecule has 0 radical (unpaired) electrons. The van der Waals surface area contributed by atoms with E-state index in [4.69, 9.17) is 9.47 Å². The van der Waals surface area contributed by atoms with Crippen LogP contribution in [0.15, 0.2) is 60.7 Å². The minimum Gasteiger partial charge on any atom is -0.508 e. The van der Waals surface area contributed by atoms with E-state index in [-0.39, 0.29) is 30.5 Å². The molecule has 2 aromatic rings. The van der Waals surface area contributed by atoms with E-state index >= 15 is 0 Å². The van der Waals surface area contributed by atoms with Crippen molar-refractivity contribution in [1.82, 2.24) is 4.90 Å². The van der Waals surface area contributed by atoms with Gasteiger partial charge in [-0.2, -0.15) is 0 Å². The normalized spacial score (nSPS) is 21.8. The minimum atomic E-state index is -0.307. The van der Waals surface area contributed by atoms with Gasteiger partial charge in [0.05, 0.1) is 25.3 Å². The van der Waals surface area contributed by atoms with Gasteiger partial charge in [-0.3, -0.25) is 4.90 Å². The highest BCUT2D eigenvalue weighted by Gasteiger charge is 2.39. The van der Waals surface area contributed by atoms with Crippen LogP contribution in [-0.2, 0) is 16.1 Å². The van der Waals surface area contributed by atoms with E-state index in [1.807, 2.05) is 48.5 Å².